The second kappa shape index (κ2) is 8.30. The van der Waals surface area contributed by atoms with Crippen molar-refractivity contribution in [2.75, 3.05) is 18.5 Å². The third-order valence-corrected chi connectivity index (χ3v) is 6.89. The summed E-state index contributed by atoms with van der Waals surface area (Å²) in [6.07, 6.45) is 3.37. The lowest BCUT2D eigenvalue weighted by molar-refractivity contribution is -0.123. The second-order valence-corrected chi connectivity index (χ2v) is 9.76. The average Bonchev–Trinajstić information content (AvgIpc) is 3.01. The lowest BCUT2D eigenvalue weighted by Crippen LogP contribution is -2.42. The Hall–Kier alpha value is -2.34. The number of hydrogen-bond donors (Lipinski definition) is 0. The molecule has 2 aliphatic rings. The number of carbonyl (C=O) groups excluding carboxylic acids is 1. The molecular formula is C25H31F2N3O. The molecule has 1 aliphatic carbocycles. The zero-order chi connectivity index (χ0) is 22.3. The van der Waals surface area contributed by atoms with Gasteiger partial charge in [0, 0.05) is 41.7 Å². The number of pyridine rings is 1. The monoisotopic (exact) mass is 427 g/mol. The largest absolute Gasteiger partial charge is 0.309 e. The van der Waals surface area contributed by atoms with Gasteiger partial charge in [0.1, 0.15) is 0 Å². The standard InChI is InChI=1S/C25H31F2N3O/c1-16-8-13-21-23(28-16)25(2,3)15-30(21)24(31)17-9-11-19(12-10-17)29(4)14-18-6-5-7-20(26)22(18)27/h5-8,13,17,19H,9-12,14-15H2,1-4H3/t17-,19-. The van der Waals surface area contributed by atoms with Crippen LogP contribution in [-0.2, 0) is 16.8 Å². The molecule has 1 aromatic heterocycles. The molecule has 6 heteroatoms. The van der Waals surface area contributed by atoms with Crippen LogP contribution in [0, 0.1) is 24.5 Å². The fraction of sp³-hybridized carbons (Fsp3) is 0.520. The molecule has 166 valence electrons. The number of aryl methyl sites for hydroxylation is 1. The van der Waals surface area contributed by atoms with Gasteiger partial charge in [0.15, 0.2) is 11.6 Å². The van der Waals surface area contributed by atoms with Crippen LogP contribution in [0.25, 0.3) is 0 Å². The molecule has 0 unspecified atom stereocenters. The molecule has 31 heavy (non-hydrogen) atoms. The van der Waals surface area contributed by atoms with Gasteiger partial charge in [-0.3, -0.25) is 14.7 Å². The normalized spacial score (nSPS) is 22.6. The first-order chi connectivity index (χ1) is 14.7. The fourth-order valence-electron chi connectivity index (χ4n) is 5.07. The maximum atomic E-state index is 14.0. The molecule has 0 bridgehead atoms. The number of aromatic nitrogens is 1. The molecule has 1 fully saturated rings. The van der Waals surface area contributed by atoms with Gasteiger partial charge < -0.3 is 4.90 Å². The first-order valence-corrected chi connectivity index (χ1v) is 11.1. The second-order valence-electron chi connectivity index (χ2n) is 9.76. The van der Waals surface area contributed by atoms with Crippen molar-refractivity contribution in [1.82, 2.24) is 9.88 Å². The van der Waals surface area contributed by atoms with Gasteiger partial charge in [-0.2, -0.15) is 0 Å². The maximum Gasteiger partial charge on any atom is 0.230 e. The third-order valence-electron chi connectivity index (χ3n) is 6.89. The van der Waals surface area contributed by atoms with E-state index in [-0.39, 0.29) is 23.3 Å². The minimum atomic E-state index is -0.807. The maximum absolute atomic E-state index is 14.0. The van der Waals surface area contributed by atoms with Crippen LogP contribution in [-0.4, -0.2) is 35.4 Å². The van der Waals surface area contributed by atoms with Crippen molar-refractivity contribution in [3.63, 3.8) is 0 Å². The molecule has 1 saturated carbocycles. The van der Waals surface area contributed by atoms with Gasteiger partial charge in [0.2, 0.25) is 5.91 Å². The highest BCUT2D eigenvalue weighted by Crippen LogP contribution is 2.41. The highest BCUT2D eigenvalue weighted by atomic mass is 19.2. The zero-order valence-electron chi connectivity index (χ0n) is 18.8. The molecule has 0 spiro atoms. The van der Waals surface area contributed by atoms with Gasteiger partial charge >= 0.3 is 0 Å². The van der Waals surface area contributed by atoms with Crippen LogP contribution in [0.2, 0.25) is 0 Å². The van der Waals surface area contributed by atoms with E-state index < -0.39 is 11.6 Å². The highest BCUT2D eigenvalue weighted by Gasteiger charge is 2.42. The Kier molecular flexibility index (Phi) is 5.86. The third kappa shape index (κ3) is 4.22. The summed E-state index contributed by atoms with van der Waals surface area (Å²) in [7, 11) is 1.95. The molecule has 2 aromatic rings. The summed E-state index contributed by atoms with van der Waals surface area (Å²) in [4.78, 5) is 22.1. The number of halogens is 2. The summed E-state index contributed by atoms with van der Waals surface area (Å²) in [5.74, 6) is -1.38. The van der Waals surface area contributed by atoms with E-state index in [1.54, 1.807) is 12.1 Å². The van der Waals surface area contributed by atoms with Gasteiger partial charge in [-0.15, -0.1) is 0 Å². The first-order valence-electron chi connectivity index (χ1n) is 11.1. The highest BCUT2D eigenvalue weighted by molar-refractivity contribution is 5.97. The van der Waals surface area contributed by atoms with Crippen LogP contribution in [0.3, 0.4) is 0 Å². The Balaban J connectivity index is 1.39. The number of nitrogens with zero attached hydrogens (tertiary/aromatic N) is 3. The van der Waals surface area contributed by atoms with E-state index in [1.165, 1.54) is 0 Å². The van der Waals surface area contributed by atoms with Crippen LogP contribution in [0.4, 0.5) is 14.5 Å². The fourth-order valence-corrected chi connectivity index (χ4v) is 5.07. The molecule has 1 aromatic carbocycles. The van der Waals surface area contributed by atoms with E-state index in [9.17, 15) is 13.6 Å². The first kappa shape index (κ1) is 21.9. The quantitative estimate of drug-likeness (QED) is 0.690. The Morgan fingerprint density at radius 1 is 1.16 bits per heavy atom. The summed E-state index contributed by atoms with van der Waals surface area (Å²) in [5, 5.41) is 0. The average molecular weight is 428 g/mol. The van der Waals surface area contributed by atoms with Gasteiger partial charge in [0.25, 0.3) is 0 Å². The number of hydrogen-bond acceptors (Lipinski definition) is 3. The SMILES string of the molecule is Cc1ccc2c(n1)C(C)(C)CN2C(=O)[C@H]1CC[C@H](N(C)Cc2cccc(F)c2F)CC1. The summed E-state index contributed by atoms with van der Waals surface area (Å²) in [5.41, 5.74) is 3.15. The number of anilines is 1. The minimum Gasteiger partial charge on any atom is -0.309 e. The predicted octanol–water partition coefficient (Wildman–Crippen LogP) is 4.98. The van der Waals surface area contributed by atoms with Crippen LogP contribution in [0.5, 0.6) is 0 Å². The molecule has 0 radical (unpaired) electrons. The minimum absolute atomic E-state index is 0.00129. The lowest BCUT2D eigenvalue weighted by Gasteiger charge is -2.35. The van der Waals surface area contributed by atoms with E-state index in [4.69, 9.17) is 4.98 Å². The molecule has 1 aliphatic heterocycles. The van der Waals surface area contributed by atoms with Crippen molar-refractivity contribution in [2.45, 2.75) is 64.5 Å². The van der Waals surface area contributed by atoms with E-state index in [1.807, 2.05) is 31.0 Å². The topological polar surface area (TPSA) is 36.4 Å². The van der Waals surface area contributed by atoms with Crippen molar-refractivity contribution in [3.05, 3.63) is 58.9 Å². The van der Waals surface area contributed by atoms with Crippen molar-refractivity contribution in [1.29, 1.82) is 0 Å². The van der Waals surface area contributed by atoms with Gasteiger partial charge in [-0.05, 0) is 57.9 Å². The Morgan fingerprint density at radius 2 is 1.87 bits per heavy atom. The van der Waals surface area contributed by atoms with E-state index >= 15 is 0 Å². The number of fused-ring (bicyclic) bond motifs is 1. The lowest BCUT2D eigenvalue weighted by atomic mass is 9.84. The molecule has 4 rings (SSSR count). The zero-order valence-corrected chi connectivity index (χ0v) is 18.8. The van der Waals surface area contributed by atoms with Gasteiger partial charge in [0.05, 0.1) is 11.4 Å². The van der Waals surface area contributed by atoms with Crippen LogP contribution in [0.1, 0.15) is 56.5 Å². The van der Waals surface area contributed by atoms with E-state index in [0.717, 1.165) is 48.8 Å². The molecule has 0 atom stereocenters. The van der Waals surface area contributed by atoms with E-state index in [2.05, 4.69) is 18.7 Å². The number of carbonyl (C=O) groups is 1. The van der Waals surface area contributed by atoms with Crippen molar-refractivity contribution < 1.29 is 13.6 Å². The van der Waals surface area contributed by atoms with Crippen LogP contribution < -0.4 is 4.90 Å². The predicted molar refractivity (Wildman–Crippen MR) is 118 cm³/mol. The van der Waals surface area contributed by atoms with Crippen LogP contribution in [0.15, 0.2) is 30.3 Å². The molecule has 4 nitrogen and oxygen atoms in total. The van der Waals surface area contributed by atoms with Crippen molar-refractivity contribution in [2.24, 2.45) is 5.92 Å². The van der Waals surface area contributed by atoms with Gasteiger partial charge in [-0.25, -0.2) is 8.78 Å². The summed E-state index contributed by atoms with van der Waals surface area (Å²) < 4.78 is 27.5. The number of benzene rings is 1. The smallest absolute Gasteiger partial charge is 0.230 e. The molecule has 1 amide bonds. The Labute approximate surface area is 183 Å². The summed E-state index contributed by atoms with van der Waals surface area (Å²) in [6.45, 7) is 7.29. The summed E-state index contributed by atoms with van der Waals surface area (Å²) in [6, 6.07) is 8.58. The number of rotatable bonds is 4. The van der Waals surface area contributed by atoms with Gasteiger partial charge in [-0.1, -0.05) is 26.0 Å². The molecule has 0 N–H and O–H groups in total. The van der Waals surface area contributed by atoms with Crippen molar-refractivity contribution in [3.8, 4) is 0 Å². The molecule has 2 heterocycles. The Bertz CT molecular complexity index is 983. The molecule has 0 saturated heterocycles. The van der Waals surface area contributed by atoms with Crippen molar-refractivity contribution >= 4 is 11.6 Å². The Morgan fingerprint density at radius 3 is 2.58 bits per heavy atom. The van der Waals surface area contributed by atoms with Crippen LogP contribution >= 0.6 is 0 Å². The van der Waals surface area contributed by atoms with E-state index in [0.29, 0.717) is 18.7 Å². The summed E-state index contributed by atoms with van der Waals surface area (Å²) >= 11 is 0. The molecular weight excluding hydrogens is 396 g/mol. The number of amides is 1.